The van der Waals surface area contributed by atoms with Crippen molar-refractivity contribution in [1.29, 1.82) is 0 Å². The van der Waals surface area contributed by atoms with Crippen LogP contribution < -0.4 is 10.1 Å². The van der Waals surface area contributed by atoms with E-state index in [2.05, 4.69) is 5.32 Å². The first-order valence-electron chi connectivity index (χ1n) is 8.05. The van der Waals surface area contributed by atoms with Gasteiger partial charge in [0.1, 0.15) is 22.3 Å². The summed E-state index contributed by atoms with van der Waals surface area (Å²) < 4.78 is 57.5. The van der Waals surface area contributed by atoms with Gasteiger partial charge in [0.05, 0.1) is 10.6 Å². The van der Waals surface area contributed by atoms with Gasteiger partial charge in [-0.05, 0) is 36.4 Å². The summed E-state index contributed by atoms with van der Waals surface area (Å²) >= 11 is 12.0. The highest BCUT2D eigenvalue weighted by atomic mass is 35.5. The summed E-state index contributed by atoms with van der Waals surface area (Å²) in [5.74, 6) is -0.0948. The van der Waals surface area contributed by atoms with Crippen LogP contribution >= 0.6 is 23.2 Å². The monoisotopic (exact) mass is 429 g/mol. The molecule has 0 aliphatic heterocycles. The van der Waals surface area contributed by atoms with Gasteiger partial charge in [-0.25, -0.2) is 4.39 Å². The maximum Gasteiger partial charge on any atom is 0.416 e. The number of halogens is 6. The average Bonchev–Trinajstić information content (AvgIpc) is 2.64. The van der Waals surface area contributed by atoms with Crippen molar-refractivity contribution in [3.8, 4) is 11.5 Å². The van der Waals surface area contributed by atoms with Crippen LogP contribution in [0.2, 0.25) is 10.0 Å². The minimum atomic E-state index is -4.58. The number of nitrogens with one attached hydrogen (secondary N) is 1. The first-order valence-corrected chi connectivity index (χ1v) is 8.81. The summed E-state index contributed by atoms with van der Waals surface area (Å²) in [6.07, 6.45) is -4.58. The third-order valence-corrected chi connectivity index (χ3v) is 4.64. The zero-order valence-corrected chi connectivity index (χ0v) is 15.7. The molecule has 3 rings (SSSR count). The zero-order chi connectivity index (χ0) is 20.3. The maximum absolute atomic E-state index is 13.9. The van der Waals surface area contributed by atoms with Crippen LogP contribution in [-0.4, -0.2) is 0 Å². The Kier molecular flexibility index (Phi) is 6.01. The molecule has 0 bridgehead atoms. The molecule has 0 amide bonds. The van der Waals surface area contributed by atoms with Crippen molar-refractivity contribution in [3.63, 3.8) is 0 Å². The van der Waals surface area contributed by atoms with E-state index < -0.39 is 17.6 Å². The van der Waals surface area contributed by atoms with Gasteiger partial charge in [-0.15, -0.1) is 0 Å². The van der Waals surface area contributed by atoms with Crippen molar-refractivity contribution >= 4 is 28.9 Å². The molecule has 0 unspecified atom stereocenters. The molecule has 8 heteroatoms. The first kappa shape index (κ1) is 20.3. The van der Waals surface area contributed by atoms with Crippen LogP contribution in [0.3, 0.4) is 0 Å². The predicted octanol–water partition coefficient (Wildman–Crippen LogP) is 7.56. The molecule has 0 spiro atoms. The molecule has 0 aromatic heterocycles. The van der Waals surface area contributed by atoms with Crippen LogP contribution in [0.15, 0.2) is 60.7 Å². The van der Waals surface area contributed by atoms with Crippen molar-refractivity contribution in [3.05, 3.63) is 87.7 Å². The van der Waals surface area contributed by atoms with Crippen LogP contribution in [0, 0.1) is 5.82 Å². The number of hydrogen-bond acceptors (Lipinski definition) is 2. The Bertz CT molecular complexity index is 992. The molecule has 0 saturated carbocycles. The lowest BCUT2D eigenvalue weighted by molar-refractivity contribution is -0.137. The largest absolute Gasteiger partial charge is 0.456 e. The fraction of sp³-hybridized carbons (Fsp3) is 0.100. The fourth-order valence-corrected chi connectivity index (χ4v) is 2.75. The van der Waals surface area contributed by atoms with E-state index in [0.29, 0.717) is 28.3 Å². The molecule has 1 N–H and O–H groups in total. The Morgan fingerprint density at radius 3 is 2.39 bits per heavy atom. The lowest BCUT2D eigenvalue weighted by Gasteiger charge is -2.12. The van der Waals surface area contributed by atoms with E-state index in [-0.39, 0.29) is 17.1 Å². The van der Waals surface area contributed by atoms with Crippen LogP contribution in [-0.2, 0) is 12.7 Å². The second-order valence-electron chi connectivity index (χ2n) is 5.84. The third-order valence-electron chi connectivity index (χ3n) is 3.84. The maximum atomic E-state index is 13.9. The fourth-order valence-electron chi connectivity index (χ4n) is 2.42. The smallest absolute Gasteiger partial charge is 0.416 e. The van der Waals surface area contributed by atoms with E-state index in [0.717, 1.165) is 12.1 Å². The minimum absolute atomic E-state index is 0.00530. The average molecular weight is 430 g/mol. The molecule has 0 aliphatic rings. The number of rotatable bonds is 5. The zero-order valence-electron chi connectivity index (χ0n) is 14.2. The number of alkyl halides is 3. The van der Waals surface area contributed by atoms with Gasteiger partial charge in [0.15, 0.2) is 0 Å². The molecule has 0 saturated heterocycles. The summed E-state index contributed by atoms with van der Waals surface area (Å²) in [4.78, 5) is 0. The lowest BCUT2D eigenvalue weighted by atomic mass is 10.1. The van der Waals surface area contributed by atoms with Gasteiger partial charge >= 0.3 is 6.18 Å². The van der Waals surface area contributed by atoms with Crippen molar-refractivity contribution in [2.45, 2.75) is 12.7 Å². The minimum Gasteiger partial charge on any atom is -0.456 e. The van der Waals surface area contributed by atoms with E-state index >= 15 is 0 Å². The standard InChI is InChI=1S/C20H13Cl2F4NO/c21-16-5-2-6-18(19(16)22)28-15-4-1-3-14(10-15)27-11-12-7-8-13(9-17(12)23)20(24,25)26/h1-10,27H,11H2. The Labute approximate surface area is 168 Å². The summed E-state index contributed by atoms with van der Waals surface area (Å²) in [7, 11) is 0. The van der Waals surface area contributed by atoms with Crippen LogP contribution in [0.4, 0.5) is 23.2 Å². The highest BCUT2D eigenvalue weighted by Gasteiger charge is 2.31. The molecular formula is C20H13Cl2F4NO. The summed E-state index contributed by atoms with van der Waals surface area (Å²) in [6.45, 7) is 0.00530. The van der Waals surface area contributed by atoms with Crippen molar-refractivity contribution in [1.82, 2.24) is 0 Å². The molecule has 0 heterocycles. The van der Waals surface area contributed by atoms with E-state index in [1.165, 1.54) is 0 Å². The Balaban J connectivity index is 1.71. The molecule has 2 nitrogen and oxygen atoms in total. The summed E-state index contributed by atoms with van der Waals surface area (Å²) in [6, 6.07) is 14.2. The number of hydrogen-bond donors (Lipinski definition) is 1. The number of ether oxygens (including phenoxy) is 1. The predicted molar refractivity (Wildman–Crippen MR) is 102 cm³/mol. The van der Waals surface area contributed by atoms with Gasteiger partial charge in [-0.3, -0.25) is 0 Å². The number of benzene rings is 3. The molecule has 0 aliphatic carbocycles. The Hall–Kier alpha value is -2.44. The van der Waals surface area contributed by atoms with E-state index in [9.17, 15) is 17.6 Å². The van der Waals surface area contributed by atoms with Crippen LogP contribution in [0.5, 0.6) is 11.5 Å². The van der Waals surface area contributed by atoms with Gasteiger partial charge in [-0.2, -0.15) is 13.2 Å². The van der Waals surface area contributed by atoms with Crippen molar-refractivity contribution in [2.75, 3.05) is 5.32 Å². The second kappa shape index (κ2) is 8.29. The van der Waals surface area contributed by atoms with E-state index in [1.807, 2.05) is 0 Å². The molecular weight excluding hydrogens is 417 g/mol. The van der Waals surface area contributed by atoms with E-state index in [1.54, 1.807) is 42.5 Å². The Morgan fingerprint density at radius 1 is 0.929 bits per heavy atom. The van der Waals surface area contributed by atoms with Gasteiger partial charge in [0, 0.05) is 23.9 Å². The highest BCUT2D eigenvalue weighted by Crippen LogP contribution is 2.35. The highest BCUT2D eigenvalue weighted by molar-refractivity contribution is 6.42. The van der Waals surface area contributed by atoms with Crippen molar-refractivity contribution < 1.29 is 22.3 Å². The quantitative estimate of drug-likeness (QED) is 0.422. The molecule has 0 atom stereocenters. The Morgan fingerprint density at radius 2 is 1.68 bits per heavy atom. The normalized spacial score (nSPS) is 11.4. The second-order valence-corrected chi connectivity index (χ2v) is 6.62. The molecule has 28 heavy (non-hydrogen) atoms. The molecule has 3 aromatic rings. The van der Waals surface area contributed by atoms with Gasteiger partial charge < -0.3 is 10.1 Å². The van der Waals surface area contributed by atoms with Gasteiger partial charge in [0.2, 0.25) is 0 Å². The molecule has 3 aromatic carbocycles. The third kappa shape index (κ3) is 4.88. The van der Waals surface area contributed by atoms with Gasteiger partial charge in [0.25, 0.3) is 0 Å². The number of anilines is 1. The lowest BCUT2D eigenvalue weighted by Crippen LogP contribution is -2.08. The molecule has 0 fully saturated rings. The molecule has 146 valence electrons. The first-order chi connectivity index (χ1) is 13.2. The SMILES string of the molecule is Fc1cc(C(F)(F)F)ccc1CNc1cccc(Oc2cccc(Cl)c2Cl)c1. The molecule has 0 radical (unpaired) electrons. The topological polar surface area (TPSA) is 21.3 Å². The van der Waals surface area contributed by atoms with Crippen LogP contribution in [0.1, 0.15) is 11.1 Å². The van der Waals surface area contributed by atoms with Gasteiger partial charge in [-0.1, -0.05) is 41.4 Å². The summed E-state index contributed by atoms with van der Waals surface area (Å²) in [5, 5.41) is 3.58. The van der Waals surface area contributed by atoms with Crippen molar-refractivity contribution in [2.24, 2.45) is 0 Å². The van der Waals surface area contributed by atoms with E-state index in [4.69, 9.17) is 27.9 Å². The summed E-state index contributed by atoms with van der Waals surface area (Å²) in [5.41, 5.74) is -0.324. The van der Waals surface area contributed by atoms with Crippen LogP contribution in [0.25, 0.3) is 0 Å².